The lowest BCUT2D eigenvalue weighted by Gasteiger charge is -2.00. The largest absolute Gasteiger partial charge is 0.497 e. The van der Waals surface area contributed by atoms with Gasteiger partial charge in [0.15, 0.2) is 5.17 Å². The second-order valence-electron chi connectivity index (χ2n) is 4.74. The third-order valence-electron chi connectivity index (χ3n) is 3.08. The Balaban J connectivity index is 1.83. The number of benzene rings is 2. The summed E-state index contributed by atoms with van der Waals surface area (Å²) in [5, 5.41) is 3.38. The number of methoxy groups -OCH3 is 1. The maximum atomic E-state index is 12.1. The van der Waals surface area contributed by atoms with E-state index in [0.717, 1.165) is 20.6 Å². The number of carbonyl (C=O) groups is 1. The Bertz CT molecular complexity index is 818. The number of rotatable bonds is 3. The van der Waals surface area contributed by atoms with Crippen molar-refractivity contribution < 1.29 is 9.53 Å². The summed E-state index contributed by atoms with van der Waals surface area (Å²) in [6, 6.07) is 15.4. The fourth-order valence-corrected chi connectivity index (χ4v) is 3.39. The molecule has 1 amide bonds. The second kappa shape index (κ2) is 7.18. The van der Waals surface area contributed by atoms with Crippen LogP contribution < -0.4 is 10.1 Å². The summed E-state index contributed by atoms with van der Waals surface area (Å²) in [6.07, 6.45) is 1.83. The second-order valence-corrected chi connectivity index (χ2v) is 7.01. The minimum atomic E-state index is -0.137. The van der Waals surface area contributed by atoms with Crippen molar-refractivity contribution >= 4 is 57.2 Å². The minimum Gasteiger partial charge on any atom is -0.497 e. The van der Waals surface area contributed by atoms with E-state index in [1.54, 1.807) is 7.11 Å². The molecule has 4 nitrogen and oxygen atoms in total. The number of nitrogens with zero attached hydrogens (tertiary/aromatic N) is 1. The summed E-state index contributed by atoms with van der Waals surface area (Å²) in [7, 11) is 1.62. The molecule has 0 radical (unpaired) electrons. The van der Waals surface area contributed by atoms with Crippen LogP contribution in [0.15, 0.2) is 58.4 Å². The zero-order valence-electron chi connectivity index (χ0n) is 12.2. The highest BCUT2D eigenvalue weighted by atomic mass is 127. The number of halogens is 1. The van der Waals surface area contributed by atoms with Gasteiger partial charge < -0.3 is 10.1 Å². The minimum absolute atomic E-state index is 0.137. The average Bonchev–Trinajstić information content (AvgIpc) is 2.87. The molecule has 0 saturated carbocycles. The number of carbonyl (C=O) groups excluding carboxylic acids is 1. The van der Waals surface area contributed by atoms with Crippen LogP contribution in [0, 0.1) is 3.57 Å². The van der Waals surface area contributed by atoms with E-state index >= 15 is 0 Å². The molecule has 6 heteroatoms. The van der Waals surface area contributed by atoms with Crippen molar-refractivity contribution in [3.8, 4) is 5.75 Å². The molecule has 23 heavy (non-hydrogen) atoms. The van der Waals surface area contributed by atoms with Gasteiger partial charge in [-0.2, -0.15) is 0 Å². The molecule has 1 heterocycles. The van der Waals surface area contributed by atoms with E-state index < -0.39 is 0 Å². The number of hydrogen-bond donors (Lipinski definition) is 1. The fraction of sp³-hybridized carbons (Fsp3) is 0.0588. The molecule has 0 atom stereocenters. The quantitative estimate of drug-likeness (QED) is 0.580. The highest BCUT2D eigenvalue weighted by Crippen LogP contribution is 2.29. The van der Waals surface area contributed by atoms with Crippen LogP contribution in [0.3, 0.4) is 0 Å². The third kappa shape index (κ3) is 4.14. The highest BCUT2D eigenvalue weighted by molar-refractivity contribution is 14.1. The first-order valence-corrected chi connectivity index (χ1v) is 8.73. The summed E-state index contributed by atoms with van der Waals surface area (Å²) in [5.41, 5.74) is 1.74. The number of amides is 1. The number of thioether (sulfide) groups is 1. The van der Waals surface area contributed by atoms with E-state index in [-0.39, 0.29) is 5.91 Å². The first-order chi connectivity index (χ1) is 11.1. The summed E-state index contributed by atoms with van der Waals surface area (Å²) in [5.74, 6) is 0.623. The van der Waals surface area contributed by atoms with Crippen molar-refractivity contribution in [3.63, 3.8) is 0 Å². The Morgan fingerprint density at radius 3 is 2.83 bits per heavy atom. The first-order valence-electron chi connectivity index (χ1n) is 6.83. The van der Waals surface area contributed by atoms with Crippen molar-refractivity contribution in [2.24, 2.45) is 4.99 Å². The molecule has 0 aromatic heterocycles. The number of aliphatic imine (C=N–C) groups is 1. The van der Waals surface area contributed by atoms with E-state index in [4.69, 9.17) is 4.74 Å². The van der Waals surface area contributed by atoms with Crippen LogP contribution in [0.25, 0.3) is 6.08 Å². The molecular weight excluding hydrogens is 423 g/mol. The summed E-state index contributed by atoms with van der Waals surface area (Å²) < 4.78 is 6.30. The Morgan fingerprint density at radius 2 is 2.04 bits per heavy atom. The number of amidine groups is 1. The van der Waals surface area contributed by atoms with E-state index in [9.17, 15) is 4.79 Å². The zero-order chi connectivity index (χ0) is 16.2. The van der Waals surface area contributed by atoms with Crippen molar-refractivity contribution in [3.05, 3.63) is 62.6 Å². The third-order valence-corrected chi connectivity index (χ3v) is 4.66. The SMILES string of the molecule is COc1cccc(/C=C2/SC(=Nc3cccc(I)c3)NC2=O)c1. The summed E-state index contributed by atoms with van der Waals surface area (Å²) in [4.78, 5) is 17.2. The van der Waals surface area contributed by atoms with Crippen molar-refractivity contribution in [1.82, 2.24) is 5.32 Å². The molecule has 0 aliphatic carbocycles. The van der Waals surface area contributed by atoms with Crippen molar-refractivity contribution in [2.45, 2.75) is 0 Å². The molecule has 2 aromatic carbocycles. The van der Waals surface area contributed by atoms with Gasteiger partial charge in [0, 0.05) is 3.57 Å². The monoisotopic (exact) mass is 436 g/mol. The van der Waals surface area contributed by atoms with Gasteiger partial charge in [0.25, 0.3) is 5.91 Å². The van der Waals surface area contributed by atoms with Gasteiger partial charge in [-0.15, -0.1) is 0 Å². The van der Waals surface area contributed by atoms with Crippen LogP contribution in [0.2, 0.25) is 0 Å². The Kier molecular flexibility index (Phi) is 5.02. The molecule has 1 saturated heterocycles. The van der Waals surface area contributed by atoms with Crippen LogP contribution in [-0.2, 0) is 4.79 Å². The first kappa shape index (κ1) is 16.1. The number of nitrogens with one attached hydrogen (secondary N) is 1. The lowest BCUT2D eigenvalue weighted by Crippen LogP contribution is -2.19. The summed E-state index contributed by atoms with van der Waals surface area (Å²) in [6.45, 7) is 0. The zero-order valence-corrected chi connectivity index (χ0v) is 15.2. The van der Waals surface area contributed by atoms with Crippen LogP contribution in [0.5, 0.6) is 5.75 Å². The molecule has 2 aromatic rings. The molecule has 1 aliphatic rings. The van der Waals surface area contributed by atoms with Gasteiger partial charge in [0.2, 0.25) is 0 Å². The van der Waals surface area contributed by atoms with Gasteiger partial charge in [-0.1, -0.05) is 18.2 Å². The van der Waals surface area contributed by atoms with E-state index in [2.05, 4.69) is 32.9 Å². The molecule has 1 fully saturated rings. The van der Waals surface area contributed by atoms with Gasteiger partial charge in [-0.05, 0) is 76.3 Å². The van der Waals surface area contributed by atoms with Gasteiger partial charge in [-0.25, -0.2) is 4.99 Å². The van der Waals surface area contributed by atoms with E-state index in [1.807, 2.05) is 54.6 Å². The lowest BCUT2D eigenvalue weighted by atomic mass is 10.2. The van der Waals surface area contributed by atoms with Crippen molar-refractivity contribution in [2.75, 3.05) is 7.11 Å². The summed E-state index contributed by atoms with van der Waals surface area (Å²) >= 11 is 3.57. The maximum Gasteiger partial charge on any atom is 0.264 e. The maximum absolute atomic E-state index is 12.1. The molecule has 3 rings (SSSR count). The van der Waals surface area contributed by atoms with Gasteiger partial charge in [0.05, 0.1) is 17.7 Å². The average molecular weight is 436 g/mol. The predicted molar refractivity (Wildman–Crippen MR) is 103 cm³/mol. The van der Waals surface area contributed by atoms with Crippen LogP contribution in [0.4, 0.5) is 5.69 Å². The van der Waals surface area contributed by atoms with Crippen LogP contribution in [-0.4, -0.2) is 18.2 Å². The van der Waals surface area contributed by atoms with Gasteiger partial charge >= 0.3 is 0 Å². The van der Waals surface area contributed by atoms with Crippen molar-refractivity contribution in [1.29, 1.82) is 0 Å². The number of hydrogen-bond acceptors (Lipinski definition) is 4. The van der Waals surface area contributed by atoms with Crippen LogP contribution >= 0.6 is 34.4 Å². The topological polar surface area (TPSA) is 50.7 Å². The standard InChI is InChI=1S/C17H13IN2O2S/c1-22-14-7-2-4-11(8-14)9-15-16(21)20-17(23-15)19-13-6-3-5-12(18)10-13/h2-10H,1H3,(H,19,20,21)/b15-9+. The molecule has 1 N–H and O–H groups in total. The molecule has 0 unspecified atom stereocenters. The lowest BCUT2D eigenvalue weighted by molar-refractivity contribution is -0.115. The highest BCUT2D eigenvalue weighted by Gasteiger charge is 2.23. The molecule has 116 valence electrons. The van der Waals surface area contributed by atoms with Crippen LogP contribution in [0.1, 0.15) is 5.56 Å². The molecule has 0 spiro atoms. The number of ether oxygens (including phenoxy) is 1. The van der Waals surface area contributed by atoms with E-state index in [0.29, 0.717) is 10.1 Å². The smallest absolute Gasteiger partial charge is 0.264 e. The predicted octanol–water partition coefficient (Wildman–Crippen LogP) is 4.19. The molecular formula is C17H13IN2O2S. The molecule has 1 aliphatic heterocycles. The normalized spacial score (nSPS) is 17.6. The Morgan fingerprint density at radius 1 is 1.22 bits per heavy atom. The fourth-order valence-electron chi connectivity index (χ4n) is 2.03. The Hall–Kier alpha value is -1.80. The van der Waals surface area contributed by atoms with E-state index in [1.165, 1.54) is 11.8 Å². The van der Waals surface area contributed by atoms with Gasteiger partial charge in [0.1, 0.15) is 5.75 Å². The molecule has 0 bridgehead atoms. The van der Waals surface area contributed by atoms with Gasteiger partial charge in [-0.3, -0.25) is 4.79 Å². The Labute approximate surface area is 152 Å².